The van der Waals surface area contributed by atoms with Gasteiger partial charge in [-0.2, -0.15) is 0 Å². The highest BCUT2D eigenvalue weighted by atomic mass is 16.5. The molecule has 0 aliphatic rings. The van der Waals surface area contributed by atoms with E-state index < -0.39 is 5.97 Å². The Hall–Kier alpha value is -2.43. The fourth-order valence-electron chi connectivity index (χ4n) is 1.99. The lowest BCUT2D eigenvalue weighted by atomic mass is 9.97. The Bertz CT molecular complexity index is 644. The molecule has 21 heavy (non-hydrogen) atoms. The molecule has 0 aliphatic heterocycles. The normalized spacial score (nSPS) is 10.7. The van der Waals surface area contributed by atoms with Crippen molar-refractivity contribution in [2.45, 2.75) is 26.7 Å². The van der Waals surface area contributed by atoms with E-state index in [1.807, 2.05) is 19.9 Å². The number of carbonyl (C=O) groups excluding carboxylic acids is 2. The Morgan fingerprint density at radius 3 is 2.48 bits per heavy atom. The molecule has 0 unspecified atom stereocenters. The highest BCUT2D eigenvalue weighted by molar-refractivity contribution is 6.14. The van der Waals surface area contributed by atoms with E-state index in [0.29, 0.717) is 11.3 Å². The van der Waals surface area contributed by atoms with Crippen LogP contribution in [-0.2, 0) is 4.74 Å². The number of nitrogens with zero attached hydrogens (tertiary/aromatic N) is 1. The second-order valence-electron chi connectivity index (χ2n) is 4.84. The molecule has 1 heterocycles. The second-order valence-corrected chi connectivity index (χ2v) is 4.84. The zero-order valence-electron chi connectivity index (χ0n) is 12.3. The monoisotopic (exact) mass is 287 g/mol. The smallest absolute Gasteiger partial charge is 0.361 e. The summed E-state index contributed by atoms with van der Waals surface area (Å²) in [5.74, 6) is -0.605. The SMILES string of the molecule is CCOC(=O)c1noc(C(C)C)c1C(=O)c1ccccc1. The molecule has 0 saturated carbocycles. The van der Waals surface area contributed by atoms with Gasteiger partial charge in [-0.05, 0) is 6.92 Å². The minimum atomic E-state index is -0.646. The van der Waals surface area contributed by atoms with Gasteiger partial charge < -0.3 is 9.26 Å². The first-order valence-corrected chi connectivity index (χ1v) is 6.82. The van der Waals surface area contributed by atoms with E-state index >= 15 is 0 Å². The molecule has 5 heteroatoms. The van der Waals surface area contributed by atoms with E-state index in [1.165, 1.54) is 0 Å². The Morgan fingerprint density at radius 2 is 1.90 bits per heavy atom. The average Bonchev–Trinajstić information content (AvgIpc) is 2.92. The van der Waals surface area contributed by atoms with Gasteiger partial charge in [-0.1, -0.05) is 49.3 Å². The van der Waals surface area contributed by atoms with Crippen LogP contribution in [0.3, 0.4) is 0 Å². The molecular weight excluding hydrogens is 270 g/mol. The van der Waals surface area contributed by atoms with Crippen molar-refractivity contribution < 1.29 is 18.8 Å². The largest absolute Gasteiger partial charge is 0.461 e. The molecular formula is C16H17NO4. The number of rotatable bonds is 5. The molecule has 0 spiro atoms. The summed E-state index contributed by atoms with van der Waals surface area (Å²) in [6, 6.07) is 8.72. The first-order chi connectivity index (χ1) is 10.1. The lowest BCUT2D eigenvalue weighted by Crippen LogP contribution is -2.13. The molecule has 110 valence electrons. The van der Waals surface area contributed by atoms with Gasteiger partial charge in [0.2, 0.25) is 5.69 Å². The predicted molar refractivity (Wildman–Crippen MR) is 76.4 cm³/mol. The number of esters is 1. The quantitative estimate of drug-likeness (QED) is 0.624. The summed E-state index contributed by atoms with van der Waals surface area (Å²) in [7, 11) is 0. The van der Waals surface area contributed by atoms with E-state index in [9.17, 15) is 9.59 Å². The van der Waals surface area contributed by atoms with Crippen LogP contribution in [0.2, 0.25) is 0 Å². The molecule has 0 fully saturated rings. The summed E-state index contributed by atoms with van der Waals surface area (Å²) in [6.45, 7) is 5.65. The lowest BCUT2D eigenvalue weighted by molar-refractivity contribution is 0.0512. The highest BCUT2D eigenvalue weighted by Crippen LogP contribution is 2.26. The molecule has 1 aromatic carbocycles. The molecule has 2 rings (SSSR count). The zero-order chi connectivity index (χ0) is 15.4. The van der Waals surface area contributed by atoms with Gasteiger partial charge in [-0.15, -0.1) is 0 Å². The van der Waals surface area contributed by atoms with Crippen LogP contribution in [0, 0.1) is 0 Å². The third-order valence-corrected chi connectivity index (χ3v) is 2.97. The molecule has 0 aliphatic carbocycles. The zero-order valence-corrected chi connectivity index (χ0v) is 12.3. The van der Waals surface area contributed by atoms with Crippen LogP contribution in [0.1, 0.15) is 58.9 Å². The maximum atomic E-state index is 12.7. The van der Waals surface area contributed by atoms with Crippen LogP contribution in [-0.4, -0.2) is 23.5 Å². The van der Waals surface area contributed by atoms with Gasteiger partial charge >= 0.3 is 5.97 Å². The van der Waals surface area contributed by atoms with Gasteiger partial charge in [0.15, 0.2) is 11.5 Å². The molecule has 0 amide bonds. The van der Waals surface area contributed by atoms with Crippen LogP contribution < -0.4 is 0 Å². The Balaban J connectivity index is 2.51. The van der Waals surface area contributed by atoms with Crippen molar-refractivity contribution in [2.24, 2.45) is 0 Å². The third-order valence-electron chi connectivity index (χ3n) is 2.97. The van der Waals surface area contributed by atoms with Crippen LogP contribution in [0.25, 0.3) is 0 Å². The van der Waals surface area contributed by atoms with E-state index in [4.69, 9.17) is 9.26 Å². The van der Waals surface area contributed by atoms with Gasteiger partial charge in [-0.25, -0.2) is 4.79 Å². The number of ether oxygens (including phenoxy) is 1. The highest BCUT2D eigenvalue weighted by Gasteiger charge is 2.30. The van der Waals surface area contributed by atoms with Crippen molar-refractivity contribution in [3.05, 3.63) is 52.9 Å². The summed E-state index contributed by atoms with van der Waals surface area (Å²) in [6.07, 6.45) is 0. The van der Waals surface area contributed by atoms with Crippen molar-refractivity contribution in [3.63, 3.8) is 0 Å². The number of aromatic nitrogens is 1. The van der Waals surface area contributed by atoms with Crippen molar-refractivity contribution in [2.75, 3.05) is 6.61 Å². The number of ketones is 1. The summed E-state index contributed by atoms with van der Waals surface area (Å²) < 4.78 is 10.1. The number of hydrogen-bond acceptors (Lipinski definition) is 5. The maximum absolute atomic E-state index is 12.7. The van der Waals surface area contributed by atoms with E-state index in [-0.39, 0.29) is 29.6 Å². The van der Waals surface area contributed by atoms with Crippen LogP contribution in [0.15, 0.2) is 34.9 Å². The molecule has 0 radical (unpaired) electrons. The first-order valence-electron chi connectivity index (χ1n) is 6.82. The molecule has 0 atom stereocenters. The van der Waals surface area contributed by atoms with Crippen LogP contribution in [0.5, 0.6) is 0 Å². The summed E-state index contributed by atoms with van der Waals surface area (Å²) in [4.78, 5) is 24.6. The van der Waals surface area contributed by atoms with Crippen LogP contribution in [0.4, 0.5) is 0 Å². The predicted octanol–water partition coefficient (Wildman–Crippen LogP) is 3.21. The Labute approximate surface area is 122 Å². The van der Waals surface area contributed by atoms with Crippen molar-refractivity contribution in [3.8, 4) is 0 Å². The van der Waals surface area contributed by atoms with Gasteiger partial charge in [-0.3, -0.25) is 4.79 Å². The Morgan fingerprint density at radius 1 is 1.24 bits per heavy atom. The lowest BCUT2D eigenvalue weighted by Gasteiger charge is -2.05. The minimum absolute atomic E-state index is 0.0607. The van der Waals surface area contributed by atoms with Gasteiger partial charge in [0.25, 0.3) is 0 Å². The standard InChI is InChI=1S/C16H17NO4/c1-4-20-16(19)13-12(15(10(2)3)21-17-13)14(18)11-8-6-5-7-9-11/h5-10H,4H2,1-3H3. The van der Waals surface area contributed by atoms with E-state index in [2.05, 4.69) is 5.16 Å². The van der Waals surface area contributed by atoms with E-state index in [1.54, 1.807) is 31.2 Å². The molecule has 5 nitrogen and oxygen atoms in total. The topological polar surface area (TPSA) is 69.4 Å². The number of carbonyl (C=O) groups is 2. The van der Waals surface area contributed by atoms with E-state index in [0.717, 1.165) is 0 Å². The van der Waals surface area contributed by atoms with Gasteiger partial charge in [0.1, 0.15) is 5.56 Å². The molecule has 2 aromatic rings. The number of hydrogen-bond donors (Lipinski definition) is 0. The maximum Gasteiger partial charge on any atom is 0.361 e. The first kappa shape index (κ1) is 15.0. The Kier molecular flexibility index (Phi) is 4.52. The summed E-state index contributed by atoms with van der Waals surface area (Å²) in [5, 5.41) is 3.73. The summed E-state index contributed by atoms with van der Waals surface area (Å²) in [5.41, 5.74) is 0.609. The van der Waals surface area contributed by atoms with Crippen LogP contribution >= 0.6 is 0 Å². The van der Waals surface area contributed by atoms with Gasteiger partial charge in [0.05, 0.1) is 6.61 Å². The van der Waals surface area contributed by atoms with Crippen molar-refractivity contribution >= 4 is 11.8 Å². The summed E-state index contributed by atoms with van der Waals surface area (Å²) >= 11 is 0. The van der Waals surface area contributed by atoms with Gasteiger partial charge in [0, 0.05) is 11.5 Å². The molecule has 0 N–H and O–H groups in total. The number of benzene rings is 1. The van der Waals surface area contributed by atoms with Crippen molar-refractivity contribution in [1.29, 1.82) is 0 Å². The second kappa shape index (κ2) is 6.35. The fraction of sp³-hybridized carbons (Fsp3) is 0.312. The van der Waals surface area contributed by atoms with Crippen molar-refractivity contribution in [1.82, 2.24) is 5.16 Å². The third kappa shape index (κ3) is 3.02. The molecule has 0 saturated heterocycles. The minimum Gasteiger partial charge on any atom is -0.461 e. The average molecular weight is 287 g/mol. The molecule has 1 aromatic heterocycles. The molecule has 0 bridgehead atoms. The fourth-order valence-corrected chi connectivity index (χ4v) is 1.99.